The highest BCUT2D eigenvalue weighted by atomic mass is 79.9. The quantitative estimate of drug-likeness (QED) is 0.713. The third-order valence-corrected chi connectivity index (χ3v) is 5.56. The number of nitrogens with zero attached hydrogens (tertiary/aromatic N) is 3. The average Bonchev–Trinajstić information content (AvgIpc) is 2.75. The van der Waals surface area contributed by atoms with Gasteiger partial charge in [0.1, 0.15) is 0 Å². The maximum atomic E-state index is 13.0. The van der Waals surface area contributed by atoms with Crippen molar-refractivity contribution in [2.75, 3.05) is 13.1 Å². The number of carbonyl (C=O) groups excluding carboxylic acids is 1. The van der Waals surface area contributed by atoms with Crippen LogP contribution < -0.4 is 0 Å². The van der Waals surface area contributed by atoms with Crippen molar-refractivity contribution in [1.82, 2.24) is 14.7 Å². The van der Waals surface area contributed by atoms with Crippen molar-refractivity contribution in [2.45, 2.75) is 66.5 Å². The number of carbonyl (C=O) groups is 1. The van der Waals surface area contributed by atoms with Crippen LogP contribution in [-0.4, -0.2) is 39.1 Å². The first kappa shape index (κ1) is 18.4. The van der Waals surface area contributed by atoms with Gasteiger partial charge in [-0.3, -0.25) is 14.4 Å². The van der Waals surface area contributed by atoms with Crippen molar-refractivity contribution < 1.29 is 4.79 Å². The summed E-state index contributed by atoms with van der Waals surface area (Å²) >= 11 is 3.58. The van der Waals surface area contributed by atoms with Gasteiger partial charge in [0.25, 0.3) is 0 Å². The molecule has 0 amide bonds. The van der Waals surface area contributed by atoms with Gasteiger partial charge in [0, 0.05) is 6.54 Å². The number of hydrogen-bond donors (Lipinski definition) is 0. The van der Waals surface area contributed by atoms with Crippen LogP contribution >= 0.6 is 15.9 Å². The lowest BCUT2D eigenvalue weighted by atomic mass is 9.88. The molecule has 1 heterocycles. The van der Waals surface area contributed by atoms with E-state index in [1.165, 1.54) is 0 Å². The maximum Gasteiger partial charge on any atom is 0.158 e. The smallest absolute Gasteiger partial charge is 0.158 e. The Hall–Kier alpha value is -0.680. The summed E-state index contributed by atoms with van der Waals surface area (Å²) in [7, 11) is 0. The van der Waals surface area contributed by atoms with Gasteiger partial charge in [0.15, 0.2) is 5.78 Å². The lowest BCUT2D eigenvalue weighted by Crippen LogP contribution is -2.52. The van der Waals surface area contributed by atoms with E-state index in [1.54, 1.807) is 0 Å². The first-order chi connectivity index (χ1) is 9.85. The molecule has 0 bridgehead atoms. The molecule has 21 heavy (non-hydrogen) atoms. The zero-order valence-corrected chi connectivity index (χ0v) is 15.7. The SMILES string of the molecule is CCN(CC)C(C)(CC)C(=O)Cc1c(Br)c(C)nn1CC. The van der Waals surface area contributed by atoms with Crippen molar-refractivity contribution in [3.63, 3.8) is 0 Å². The van der Waals surface area contributed by atoms with Gasteiger partial charge in [-0.1, -0.05) is 20.8 Å². The molecule has 0 aliphatic heterocycles. The summed E-state index contributed by atoms with van der Waals surface area (Å²) in [5.41, 5.74) is 1.53. The number of ketones is 1. The molecular formula is C16H28BrN3O. The molecule has 0 aromatic carbocycles. The molecule has 0 aliphatic rings. The van der Waals surface area contributed by atoms with E-state index in [1.807, 2.05) is 11.6 Å². The van der Waals surface area contributed by atoms with Crippen LogP contribution in [0.5, 0.6) is 0 Å². The van der Waals surface area contributed by atoms with E-state index in [9.17, 15) is 4.79 Å². The standard InChI is InChI=1S/C16H28BrN3O/c1-7-16(6,19(8-2)9-3)14(21)11-13-15(17)12(5)18-20(13)10-4/h7-11H2,1-6H3. The predicted octanol–water partition coefficient (Wildman–Crippen LogP) is 3.60. The lowest BCUT2D eigenvalue weighted by molar-refractivity contribution is -0.130. The van der Waals surface area contributed by atoms with E-state index in [4.69, 9.17) is 0 Å². The molecule has 120 valence electrons. The third kappa shape index (κ3) is 3.57. The summed E-state index contributed by atoms with van der Waals surface area (Å²) in [4.78, 5) is 15.2. The van der Waals surface area contributed by atoms with E-state index in [-0.39, 0.29) is 5.78 Å². The van der Waals surface area contributed by atoms with Gasteiger partial charge in [0.2, 0.25) is 0 Å². The molecule has 0 fully saturated rings. The highest BCUT2D eigenvalue weighted by molar-refractivity contribution is 9.10. The van der Waals surface area contributed by atoms with E-state index in [2.05, 4.69) is 60.5 Å². The van der Waals surface area contributed by atoms with Crippen LogP contribution in [-0.2, 0) is 17.8 Å². The molecule has 5 heteroatoms. The third-order valence-electron chi connectivity index (χ3n) is 4.53. The maximum absolute atomic E-state index is 13.0. The molecular weight excluding hydrogens is 330 g/mol. The highest BCUT2D eigenvalue weighted by Gasteiger charge is 2.36. The van der Waals surface area contributed by atoms with E-state index >= 15 is 0 Å². The van der Waals surface area contributed by atoms with Gasteiger partial charge in [-0.15, -0.1) is 0 Å². The van der Waals surface area contributed by atoms with E-state index in [0.29, 0.717) is 6.42 Å². The van der Waals surface area contributed by atoms with Crippen LogP contribution in [0.15, 0.2) is 4.47 Å². The summed E-state index contributed by atoms with van der Waals surface area (Å²) in [5, 5.41) is 4.48. The molecule has 0 spiro atoms. The Balaban J connectivity index is 3.09. The molecule has 0 saturated heterocycles. The number of hydrogen-bond acceptors (Lipinski definition) is 3. The van der Waals surface area contributed by atoms with Crippen molar-refractivity contribution in [1.29, 1.82) is 0 Å². The van der Waals surface area contributed by atoms with Crippen LogP contribution in [0.3, 0.4) is 0 Å². The number of aromatic nitrogens is 2. The van der Waals surface area contributed by atoms with Gasteiger partial charge in [-0.05, 0) is 56.2 Å². The van der Waals surface area contributed by atoms with Crippen LogP contribution in [0.1, 0.15) is 52.4 Å². The molecule has 1 atom stereocenters. The van der Waals surface area contributed by atoms with Gasteiger partial charge in [-0.2, -0.15) is 5.10 Å². The molecule has 1 aromatic heterocycles. The molecule has 1 rings (SSSR count). The predicted molar refractivity (Wildman–Crippen MR) is 90.7 cm³/mol. The van der Waals surface area contributed by atoms with Crippen molar-refractivity contribution in [3.8, 4) is 0 Å². The number of aryl methyl sites for hydroxylation is 2. The van der Waals surface area contributed by atoms with E-state index in [0.717, 1.165) is 41.9 Å². The molecule has 1 unspecified atom stereocenters. The van der Waals surface area contributed by atoms with Gasteiger partial charge in [-0.25, -0.2) is 0 Å². The number of rotatable bonds is 8. The summed E-state index contributed by atoms with van der Waals surface area (Å²) in [5.74, 6) is 0.268. The minimum atomic E-state index is -0.403. The minimum Gasteiger partial charge on any atom is -0.297 e. The molecule has 4 nitrogen and oxygen atoms in total. The van der Waals surface area contributed by atoms with Crippen LogP contribution in [0.25, 0.3) is 0 Å². The number of halogens is 1. The first-order valence-electron chi connectivity index (χ1n) is 7.85. The summed E-state index contributed by atoms with van der Waals surface area (Å²) in [6.07, 6.45) is 1.25. The fraction of sp³-hybridized carbons (Fsp3) is 0.750. The van der Waals surface area contributed by atoms with Crippen LogP contribution in [0.4, 0.5) is 0 Å². The second kappa shape index (κ2) is 7.54. The number of likely N-dealkylation sites (N-methyl/N-ethyl adjacent to an activating group) is 1. The van der Waals surface area contributed by atoms with Crippen molar-refractivity contribution in [2.24, 2.45) is 0 Å². The molecule has 0 N–H and O–H groups in total. The summed E-state index contributed by atoms with van der Waals surface area (Å²) in [6.45, 7) is 15.0. The fourth-order valence-electron chi connectivity index (χ4n) is 2.90. The Morgan fingerprint density at radius 3 is 2.29 bits per heavy atom. The lowest BCUT2D eigenvalue weighted by Gasteiger charge is -2.38. The molecule has 1 aromatic rings. The van der Waals surface area contributed by atoms with Gasteiger partial charge in [0.05, 0.1) is 27.8 Å². The largest absolute Gasteiger partial charge is 0.297 e. The fourth-order valence-corrected chi connectivity index (χ4v) is 3.32. The summed E-state index contributed by atoms with van der Waals surface area (Å²) in [6, 6.07) is 0. The van der Waals surface area contributed by atoms with E-state index < -0.39 is 5.54 Å². The Bertz CT molecular complexity index is 494. The first-order valence-corrected chi connectivity index (χ1v) is 8.64. The highest BCUT2D eigenvalue weighted by Crippen LogP contribution is 2.26. The average molecular weight is 358 g/mol. The van der Waals surface area contributed by atoms with Crippen LogP contribution in [0, 0.1) is 6.92 Å². The minimum absolute atomic E-state index is 0.268. The normalized spacial score (nSPS) is 14.5. The second-order valence-electron chi connectivity index (χ2n) is 5.56. The monoisotopic (exact) mass is 357 g/mol. The van der Waals surface area contributed by atoms with Crippen LogP contribution in [0.2, 0.25) is 0 Å². The summed E-state index contributed by atoms with van der Waals surface area (Å²) < 4.78 is 2.89. The zero-order valence-electron chi connectivity index (χ0n) is 14.2. The molecule has 0 saturated carbocycles. The van der Waals surface area contributed by atoms with Gasteiger partial charge < -0.3 is 0 Å². The molecule has 0 aliphatic carbocycles. The Labute approximate surface area is 137 Å². The molecule has 0 radical (unpaired) electrons. The number of Topliss-reactive ketones (excluding diaryl/α,β-unsaturated/α-hetero) is 1. The topological polar surface area (TPSA) is 38.1 Å². The second-order valence-corrected chi connectivity index (χ2v) is 6.35. The Kier molecular flexibility index (Phi) is 6.60. The Morgan fingerprint density at radius 1 is 1.29 bits per heavy atom. The van der Waals surface area contributed by atoms with Gasteiger partial charge >= 0.3 is 0 Å². The Morgan fingerprint density at radius 2 is 1.86 bits per heavy atom. The zero-order chi connectivity index (χ0) is 16.2. The van der Waals surface area contributed by atoms with Crippen molar-refractivity contribution in [3.05, 3.63) is 15.9 Å². The van der Waals surface area contributed by atoms with Crippen molar-refractivity contribution >= 4 is 21.7 Å².